The minimum Gasteiger partial charge on any atom is -0.410 e. The van der Waals surface area contributed by atoms with E-state index in [2.05, 4.69) is 10.3 Å². The van der Waals surface area contributed by atoms with Gasteiger partial charge in [0.1, 0.15) is 11.8 Å². The Balaban J connectivity index is 1.33. The lowest BCUT2D eigenvalue weighted by Crippen LogP contribution is -2.44. The number of rotatable bonds is 4. The topological polar surface area (TPSA) is 91.5 Å². The molecule has 0 bridgehead atoms. The number of aromatic amines is 1. The zero-order valence-electron chi connectivity index (χ0n) is 18.4. The molecule has 0 radical (unpaired) electrons. The summed E-state index contributed by atoms with van der Waals surface area (Å²) < 4.78 is 5.42. The fraction of sp³-hybridized carbons (Fsp3) is 0.148. The number of pyridine rings is 1. The summed E-state index contributed by atoms with van der Waals surface area (Å²) in [5, 5.41) is 3.82. The molecule has 1 atom stereocenters. The third-order valence-corrected chi connectivity index (χ3v) is 5.93. The summed E-state index contributed by atoms with van der Waals surface area (Å²) in [6.45, 7) is 0.455. The van der Waals surface area contributed by atoms with Gasteiger partial charge in [-0.3, -0.25) is 14.5 Å². The number of nitrogens with one attached hydrogen (secondary N) is 2. The van der Waals surface area contributed by atoms with Crippen molar-refractivity contribution < 1.29 is 14.3 Å². The van der Waals surface area contributed by atoms with E-state index in [-0.39, 0.29) is 11.5 Å². The lowest BCUT2D eigenvalue weighted by molar-refractivity contribution is -0.119. The van der Waals surface area contributed by atoms with Crippen molar-refractivity contribution in [3.63, 3.8) is 0 Å². The molecule has 1 fully saturated rings. The van der Waals surface area contributed by atoms with Crippen LogP contribution in [0.1, 0.15) is 12.8 Å². The molecule has 5 rings (SSSR count). The highest BCUT2D eigenvalue weighted by Gasteiger charge is 2.35. The van der Waals surface area contributed by atoms with Crippen LogP contribution >= 0.6 is 0 Å². The van der Waals surface area contributed by atoms with Crippen LogP contribution in [0.2, 0.25) is 0 Å². The molecule has 1 aliphatic heterocycles. The Kier molecular flexibility index (Phi) is 5.82. The fourth-order valence-corrected chi connectivity index (χ4v) is 4.26. The molecule has 2 heterocycles. The lowest BCUT2D eigenvalue weighted by Gasteiger charge is -2.23. The maximum Gasteiger partial charge on any atom is 0.415 e. The van der Waals surface area contributed by atoms with Crippen LogP contribution < -0.4 is 15.6 Å². The molecule has 7 nitrogen and oxygen atoms in total. The third kappa shape index (κ3) is 4.41. The highest BCUT2D eigenvalue weighted by atomic mass is 16.6. The van der Waals surface area contributed by atoms with Crippen molar-refractivity contribution in [3.05, 3.63) is 95.3 Å². The first-order chi connectivity index (χ1) is 16.6. The second kappa shape index (κ2) is 9.23. The van der Waals surface area contributed by atoms with Gasteiger partial charge in [0.25, 0.3) is 5.56 Å². The van der Waals surface area contributed by atoms with Gasteiger partial charge in [0.15, 0.2) is 0 Å². The number of ether oxygens (including phenoxy) is 1. The highest BCUT2D eigenvalue weighted by Crippen LogP contribution is 2.25. The number of nitrogens with zero attached hydrogens (tertiary/aromatic N) is 1. The van der Waals surface area contributed by atoms with Crippen LogP contribution in [0.3, 0.4) is 0 Å². The Morgan fingerprint density at radius 3 is 2.59 bits per heavy atom. The number of hydrogen-bond acceptors (Lipinski definition) is 4. The van der Waals surface area contributed by atoms with Gasteiger partial charge in [-0.05, 0) is 60.2 Å². The number of likely N-dealkylation sites (tertiary alicyclic amines) is 1. The molecular weight excluding hydrogens is 430 g/mol. The quantitative estimate of drug-likeness (QED) is 0.464. The Hall–Kier alpha value is -4.39. The van der Waals surface area contributed by atoms with Gasteiger partial charge in [-0.15, -0.1) is 0 Å². The predicted molar refractivity (Wildman–Crippen MR) is 131 cm³/mol. The summed E-state index contributed by atoms with van der Waals surface area (Å²) in [4.78, 5) is 42.7. The van der Waals surface area contributed by atoms with E-state index in [1.165, 1.54) is 4.90 Å². The van der Waals surface area contributed by atoms with E-state index in [4.69, 9.17) is 4.74 Å². The standard InChI is InChI=1S/C27H23N3O4/c31-25-22(17-19-8-4-5-13-23(19)29-25)18-9-6-10-20(16-18)28-26(32)24-14-7-15-30(24)27(33)34-21-11-2-1-3-12-21/h1-6,8-13,16-17,24H,7,14-15H2,(H,28,32)(H,29,31)/t24-/m0/s1. The van der Waals surface area contributed by atoms with Crippen molar-refractivity contribution in [3.8, 4) is 16.9 Å². The van der Waals surface area contributed by atoms with Crippen molar-refractivity contribution in [1.29, 1.82) is 0 Å². The number of carbonyl (C=O) groups excluding carboxylic acids is 2. The minimum absolute atomic E-state index is 0.201. The third-order valence-electron chi connectivity index (χ3n) is 5.93. The smallest absolute Gasteiger partial charge is 0.410 e. The molecule has 0 saturated carbocycles. The molecule has 1 saturated heterocycles. The average molecular weight is 453 g/mol. The Labute approximate surface area is 196 Å². The highest BCUT2D eigenvalue weighted by molar-refractivity contribution is 5.97. The number of hydrogen-bond donors (Lipinski definition) is 2. The van der Waals surface area contributed by atoms with E-state index in [0.717, 1.165) is 10.9 Å². The van der Waals surface area contributed by atoms with Gasteiger partial charge in [-0.2, -0.15) is 0 Å². The largest absolute Gasteiger partial charge is 0.415 e. The van der Waals surface area contributed by atoms with Crippen molar-refractivity contribution in [2.75, 3.05) is 11.9 Å². The van der Waals surface area contributed by atoms with Gasteiger partial charge >= 0.3 is 6.09 Å². The first-order valence-corrected chi connectivity index (χ1v) is 11.2. The van der Waals surface area contributed by atoms with Crippen LogP contribution in [0.4, 0.5) is 10.5 Å². The number of para-hydroxylation sites is 2. The molecule has 0 aliphatic carbocycles. The van der Waals surface area contributed by atoms with Crippen LogP contribution in [0, 0.1) is 0 Å². The zero-order valence-corrected chi connectivity index (χ0v) is 18.4. The molecule has 170 valence electrons. The number of H-pyrrole nitrogens is 1. The van der Waals surface area contributed by atoms with Gasteiger partial charge in [0.05, 0.1) is 0 Å². The Morgan fingerprint density at radius 1 is 0.941 bits per heavy atom. The number of anilines is 1. The SMILES string of the molecule is O=C(Nc1cccc(-c2cc3ccccc3[nH]c2=O)c1)[C@@H]1CCCN1C(=O)Oc1ccccc1. The van der Waals surface area contributed by atoms with Crippen molar-refractivity contribution in [1.82, 2.24) is 9.88 Å². The van der Waals surface area contributed by atoms with E-state index in [9.17, 15) is 14.4 Å². The van der Waals surface area contributed by atoms with E-state index < -0.39 is 12.1 Å². The second-order valence-electron chi connectivity index (χ2n) is 8.20. The Bertz CT molecular complexity index is 1410. The maximum absolute atomic E-state index is 13.0. The maximum atomic E-state index is 13.0. The van der Waals surface area contributed by atoms with Crippen LogP contribution in [-0.2, 0) is 4.79 Å². The summed E-state index contributed by atoms with van der Waals surface area (Å²) in [6, 6.07) is 24.7. The minimum atomic E-state index is -0.621. The molecule has 1 aliphatic rings. The van der Waals surface area contributed by atoms with Crippen LogP contribution in [-0.4, -0.2) is 34.5 Å². The van der Waals surface area contributed by atoms with Crippen LogP contribution in [0.25, 0.3) is 22.0 Å². The molecule has 7 heteroatoms. The summed E-state index contributed by atoms with van der Waals surface area (Å²) in [5.74, 6) is 0.152. The Morgan fingerprint density at radius 2 is 1.74 bits per heavy atom. The molecule has 2 amide bonds. The number of carbonyl (C=O) groups is 2. The molecule has 34 heavy (non-hydrogen) atoms. The van der Waals surface area contributed by atoms with E-state index in [1.54, 1.807) is 42.5 Å². The number of aromatic nitrogens is 1. The van der Waals surface area contributed by atoms with Gasteiger partial charge < -0.3 is 15.0 Å². The van der Waals surface area contributed by atoms with Gasteiger partial charge in [-0.25, -0.2) is 4.79 Å². The molecule has 2 N–H and O–H groups in total. The van der Waals surface area contributed by atoms with Crippen molar-refractivity contribution >= 4 is 28.6 Å². The van der Waals surface area contributed by atoms with E-state index in [0.29, 0.717) is 42.0 Å². The van der Waals surface area contributed by atoms with E-state index in [1.807, 2.05) is 42.5 Å². The fourth-order valence-electron chi connectivity index (χ4n) is 4.26. The molecule has 0 unspecified atom stereocenters. The van der Waals surface area contributed by atoms with Crippen LogP contribution in [0.15, 0.2) is 89.7 Å². The molecule has 3 aromatic carbocycles. The molecular formula is C27H23N3O4. The summed E-state index contributed by atoms with van der Waals surface area (Å²) in [7, 11) is 0. The summed E-state index contributed by atoms with van der Waals surface area (Å²) >= 11 is 0. The number of amides is 2. The monoisotopic (exact) mass is 453 g/mol. The number of fused-ring (bicyclic) bond motifs is 1. The lowest BCUT2D eigenvalue weighted by atomic mass is 10.0. The second-order valence-corrected chi connectivity index (χ2v) is 8.20. The van der Waals surface area contributed by atoms with Crippen LogP contribution in [0.5, 0.6) is 5.75 Å². The predicted octanol–water partition coefficient (Wildman–Crippen LogP) is 4.80. The first-order valence-electron chi connectivity index (χ1n) is 11.2. The molecule has 4 aromatic rings. The zero-order chi connectivity index (χ0) is 23.5. The van der Waals surface area contributed by atoms with E-state index >= 15 is 0 Å². The summed E-state index contributed by atoms with van der Waals surface area (Å²) in [5.41, 5.74) is 2.33. The molecule has 1 aromatic heterocycles. The van der Waals surface area contributed by atoms with Gasteiger partial charge in [-0.1, -0.05) is 48.5 Å². The average Bonchev–Trinajstić information content (AvgIpc) is 3.35. The van der Waals surface area contributed by atoms with Gasteiger partial charge in [0.2, 0.25) is 5.91 Å². The first kappa shape index (κ1) is 21.5. The van der Waals surface area contributed by atoms with Crippen molar-refractivity contribution in [2.45, 2.75) is 18.9 Å². The molecule has 0 spiro atoms. The normalized spacial score (nSPS) is 15.3. The number of benzene rings is 3. The van der Waals surface area contributed by atoms with Crippen molar-refractivity contribution in [2.24, 2.45) is 0 Å². The van der Waals surface area contributed by atoms with Gasteiger partial charge in [0, 0.05) is 23.3 Å². The summed E-state index contributed by atoms with van der Waals surface area (Å²) in [6.07, 6.45) is 0.731.